The normalized spacial score (nSPS) is 24.0. The van der Waals surface area contributed by atoms with E-state index in [1.165, 1.54) is 0 Å². The number of carbonyl (C=O) groups is 1. The first-order valence-corrected chi connectivity index (χ1v) is 18.7. The number of benzene rings is 3. The van der Waals surface area contributed by atoms with Crippen molar-refractivity contribution in [2.45, 2.75) is 75.4 Å². The van der Waals surface area contributed by atoms with Gasteiger partial charge in [-0.2, -0.15) is 9.97 Å². The molecule has 0 saturated carbocycles. The van der Waals surface area contributed by atoms with Crippen LogP contribution in [-0.2, 0) is 4.79 Å². The second kappa shape index (κ2) is 12.6. The molecule has 9 rings (SSSR count). The summed E-state index contributed by atoms with van der Waals surface area (Å²) in [5.74, 6) is 1.04. The van der Waals surface area contributed by atoms with Crippen LogP contribution >= 0.6 is 0 Å². The standard InChI is InChI=1S/C40H47FN6O3/c1-44-18-12-26(13-19-44)20-35(49)47-28-8-9-29(47)24-45(23-28)38-33-11-10-32(34-22-30(48)21-27-6-2-3-7-31(27)34)36(41)37(33)42-39(43-38)50-25-40-14-4-16-46(40)17-5-15-40/h2-3,6-7,10-11,21-22,26,28-29,48H,4-5,8-9,12-20,23-25H2,1H3. The van der Waals surface area contributed by atoms with Gasteiger partial charge < -0.3 is 24.5 Å². The number of piperazine rings is 1. The van der Waals surface area contributed by atoms with E-state index in [1.807, 2.05) is 30.3 Å². The average Bonchev–Trinajstić information content (AvgIpc) is 3.78. The third kappa shape index (κ3) is 5.55. The number of phenolic OH excluding ortho intramolecular Hbond substituents is 1. The summed E-state index contributed by atoms with van der Waals surface area (Å²) in [4.78, 5) is 32.8. The molecule has 0 aliphatic carbocycles. The van der Waals surface area contributed by atoms with E-state index in [0.29, 0.717) is 54.4 Å². The Hall–Kier alpha value is -4.02. The van der Waals surface area contributed by atoms with E-state index < -0.39 is 5.82 Å². The molecule has 2 atom stereocenters. The summed E-state index contributed by atoms with van der Waals surface area (Å²) in [6.45, 7) is 6.09. The van der Waals surface area contributed by atoms with Gasteiger partial charge in [-0.3, -0.25) is 9.69 Å². The highest BCUT2D eigenvalue weighted by molar-refractivity contribution is 6.01. The number of hydrogen-bond donors (Lipinski definition) is 1. The van der Waals surface area contributed by atoms with Crippen molar-refractivity contribution in [3.8, 4) is 22.9 Å². The van der Waals surface area contributed by atoms with Crippen LogP contribution in [0.2, 0.25) is 0 Å². The predicted octanol–water partition coefficient (Wildman–Crippen LogP) is 6.21. The Morgan fingerprint density at radius 3 is 2.42 bits per heavy atom. The molecule has 50 heavy (non-hydrogen) atoms. The molecule has 0 spiro atoms. The number of halogens is 1. The van der Waals surface area contributed by atoms with E-state index in [-0.39, 0.29) is 40.8 Å². The molecule has 9 nitrogen and oxygen atoms in total. The molecule has 5 saturated heterocycles. The van der Waals surface area contributed by atoms with Crippen LogP contribution in [0.4, 0.5) is 10.2 Å². The highest BCUT2D eigenvalue weighted by Crippen LogP contribution is 2.42. The second-order valence-electron chi connectivity index (χ2n) is 15.6. The van der Waals surface area contributed by atoms with Gasteiger partial charge in [-0.05, 0) is 125 Å². The minimum atomic E-state index is -0.455. The molecule has 5 fully saturated rings. The molecular weight excluding hydrogens is 631 g/mol. The molecule has 0 radical (unpaired) electrons. The van der Waals surface area contributed by atoms with Crippen LogP contribution in [0, 0.1) is 11.7 Å². The smallest absolute Gasteiger partial charge is 0.319 e. The quantitative estimate of drug-likeness (QED) is 0.247. The number of rotatable bonds is 7. The number of carbonyl (C=O) groups excluding carboxylic acids is 1. The Kier molecular flexibility index (Phi) is 8.07. The zero-order chi connectivity index (χ0) is 34.0. The number of nitrogens with zero attached hydrogens (tertiary/aromatic N) is 6. The van der Waals surface area contributed by atoms with Gasteiger partial charge in [-0.1, -0.05) is 30.3 Å². The van der Waals surface area contributed by atoms with Crippen molar-refractivity contribution < 1.29 is 19.0 Å². The SMILES string of the molecule is CN1CCC(CC(=O)N2C3CCC2CN(c2nc(OCC45CCCN4CCC5)nc4c(F)c(-c5cc(O)cc6ccccc56)ccc24)C3)CC1. The summed E-state index contributed by atoms with van der Waals surface area (Å²) in [5, 5.41) is 12.9. The van der Waals surface area contributed by atoms with Gasteiger partial charge in [0.2, 0.25) is 5.91 Å². The van der Waals surface area contributed by atoms with Crippen molar-refractivity contribution in [2.75, 3.05) is 57.8 Å². The Labute approximate surface area is 293 Å². The monoisotopic (exact) mass is 678 g/mol. The fourth-order valence-electron chi connectivity index (χ4n) is 9.92. The summed E-state index contributed by atoms with van der Waals surface area (Å²) in [6.07, 6.45) is 9.23. The predicted molar refractivity (Wildman–Crippen MR) is 193 cm³/mol. The maximum atomic E-state index is 17.0. The molecule has 5 aliphatic rings. The van der Waals surface area contributed by atoms with E-state index >= 15 is 4.39 Å². The number of anilines is 1. The van der Waals surface area contributed by atoms with Crippen molar-refractivity contribution in [1.29, 1.82) is 0 Å². The second-order valence-corrected chi connectivity index (χ2v) is 15.6. The summed E-state index contributed by atoms with van der Waals surface area (Å²) < 4.78 is 23.4. The molecule has 1 amide bonds. The number of piperidine rings is 1. The Morgan fingerprint density at radius 2 is 1.66 bits per heavy atom. The Morgan fingerprint density at radius 1 is 0.920 bits per heavy atom. The van der Waals surface area contributed by atoms with E-state index in [0.717, 1.165) is 88.3 Å². The van der Waals surface area contributed by atoms with Gasteiger partial charge >= 0.3 is 6.01 Å². The molecule has 5 aliphatic heterocycles. The first kappa shape index (κ1) is 31.9. The zero-order valence-electron chi connectivity index (χ0n) is 29.0. The highest BCUT2D eigenvalue weighted by atomic mass is 19.1. The molecule has 262 valence electrons. The van der Waals surface area contributed by atoms with Crippen LogP contribution in [0.25, 0.3) is 32.8 Å². The first-order valence-electron chi connectivity index (χ1n) is 18.7. The van der Waals surface area contributed by atoms with Crippen LogP contribution in [0.5, 0.6) is 11.8 Å². The number of aromatic nitrogens is 2. The van der Waals surface area contributed by atoms with E-state index in [2.05, 4.69) is 26.6 Å². The number of amides is 1. The Bertz CT molecular complexity index is 1920. The maximum absolute atomic E-state index is 17.0. The lowest BCUT2D eigenvalue weighted by Crippen LogP contribution is -2.56. The summed E-state index contributed by atoms with van der Waals surface area (Å²) >= 11 is 0. The van der Waals surface area contributed by atoms with Crippen LogP contribution in [-0.4, -0.2) is 106 Å². The third-order valence-electron chi connectivity index (χ3n) is 12.6. The lowest BCUT2D eigenvalue weighted by atomic mass is 9.93. The minimum Gasteiger partial charge on any atom is -0.508 e. The van der Waals surface area contributed by atoms with Crippen LogP contribution in [0.3, 0.4) is 0 Å². The minimum absolute atomic E-state index is 0.00179. The molecule has 1 N–H and O–H groups in total. The van der Waals surface area contributed by atoms with Gasteiger partial charge in [0, 0.05) is 42.5 Å². The lowest BCUT2D eigenvalue weighted by Gasteiger charge is -2.42. The van der Waals surface area contributed by atoms with Crippen LogP contribution in [0.15, 0.2) is 48.5 Å². The maximum Gasteiger partial charge on any atom is 0.319 e. The summed E-state index contributed by atoms with van der Waals surface area (Å²) in [6, 6.07) is 15.1. The van der Waals surface area contributed by atoms with Crippen molar-refractivity contribution >= 4 is 33.4 Å². The van der Waals surface area contributed by atoms with Gasteiger partial charge in [0.25, 0.3) is 0 Å². The van der Waals surface area contributed by atoms with Crippen LogP contribution < -0.4 is 9.64 Å². The van der Waals surface area contributed by atoms with Gasteiger partial charge in [-0.15, -0.1) is 0 Å². The molecule has 10 heteroatoms. The summed E-state index contributed by atoms with van der Waals surface area (Å²) in [5.41, 5.74) is 1.21. The summed E-state index contributed by atoms with van der Waals surface area (Å²) in [7, 11) is 2.16. The third-order valence-corrected chi connectivity index (χ3v) is 12.6. The number of likely N-dealkylation sites (tertiary alicyclic amines) is 1. The van der Waals surface area contributed by atoms with Crippen LogP contribution in [0.1, 0.15) is 57.8 Å². The number of hydrogen-bond acceptors (Lipinski definition) is 8. The molecule has 4 aromatic rings. The molecule has 2 bridgehead atoms. The van der Waals surface area contributed by atoms with Crippen molar-refractivity contribution in [2.24, 2.45) is 5.92 Å². The van der Waals surface area contributed by atoms with Crippen molar-refractivity contribution in [3.05, 3.63) is 54.3 Å². The number of fused-ring (bicyclic) bond motifs is 5. The molecule has 1 aromatic heterocycles. The molecule has 3 aromatic carbocycles. The fourth-order valence-corrected chi connectivity index (χ4v) is 9.92. The highest BCUT2D eigenvalue weighted by Gasteiger charge is 2.46. The number of ether oxygens (including phenoxy) is 1. The van der Waals surface area contributed by atoms with Gasteiger partial charge in [0.1, 0.15) is 23.7 Å². The lowest BCUT2D eigenvalue weighted by molar-refractivity contribution is -0.136. The largest absolute Gasteiger partial charge is 0.508 e. The van der Waals surface area contributed by atoms with Crippen molar-refractivity contribution in [3.63, 3.8) is 0 Å². The molecule has 2 unspecified atom stereocenters. The van der Waals surface area contributed by atoms with Gasteiger partial charge in [0.15, 0.2) is 5.82 Å². The fraction of sp³-hybridized carbons (Fsp3) is 0.525. The molecular formula is C40H47FN6O3. The molecule has 6 heterocycles. The van der Waals surface area contributed by atoms with Crippen molar-refractivity contribution in [1.82, 2.24) is 24.7 Å². The van der Waals surface area contributed by atoms with E-state index in [9.17, 15) is 9.90 Å². The van der Waals surface area contributed by atoms with E-state index in [1.54, 1.807) is 18.2 Å². The first-order chi connectivity index (χ1) is 24.3. The zero-order valence-corrected chi connectivity index (χ0v) is 29.0. The number of aromatic hydroxyl groups is 1. The topological polar surface area (TPSA) is 85.3 Å². The van der Waals surface area contributed by atoms with Gasteiger partial charge in [0.05, 0.1) is 5.54 Å². The Balaban J connectivity index is 1.07. The van der Waals surface area contributed by atoms with E-state index in [4.69, 9.17) is 14.7 Å². The average molecular weight is 679 g/mol. The number of phenols is 1. The van der Waals surface area contributed by atoms with Gasteiger partial charge in [-0.25, -0.2) is 4.39 Å².